The van der Waals surface area contributed by atoms with Crippen LogP contribution in [0.4, 0.5) is 0 Å². The fraction of sp³-hybridized carbons (Fsp3) is 0.879. The molecule has 0 saturated heterocycles. The Hall–Kier alpha value is -2.32. The Kier molecular flexibility index (Phi) is 28.5. The van der Waals surface area contributed by atoms with Gasteiger partial charge in [-0.25, -0.2) is 0 Å². The van der Waals surface area contributed by atoms with Crippen LogP contribution in [0.3, 0.4) is 0 Å². The van der Waals surface area contributed by atoms with Crippen LogP contribution in [0.25, 0.3) is 0 Å². The number of hydrogen-bond donors (Lipinski definition) is 0. The lowest BCUT2D eigenvalue weighted by Gasteiger charge is -2.18. The average Bonchev–Trinajstić information content (AvgIpc) is 2.98. The first-order chi connectivity index (χ1) is 20.4. The Bertz CT molecular complexity index is 712. The number of rotatable bonds is 31. The molecule has 0 saturated carbocycles. The van der Waals surface area contributed by atoms with Crippen LogP contribution in [-0.4, -0.2) is 49.6 Å². The van der Waals surface area contributed by atoms with Crippen molar-refractivity contribution >= 4 is 23.7 Å². The van der Waals surface area contributed by atoms with Crippen LogP contribution in [0.2, 0.25) is 0 Å². The van der Waals surface area contributed by atoms with Gasteiger partial charge in [-0.3, -0.25) is 19.2 Å². The van der Waals surface area contributed by atoms with Gasteiger partial charge < -0.3 is 14.2 Å². The molecule has 1 unspecified atom stereocenters. The standard InChI is InChI=1S/C33H59NO8/c1-3-5-23-32(37)41-28-30(22-20-21-29(35)4-2)42-33(38)25-17-13-9-8-12-16-24-31(36)40-27-19-15-11-7-6-10-14-18-26-34-39/h30H,3-28H2,1-2H3. The minimum atomic E-state index is -0.513. The zero-order chi connectivity index (χ0) is 31.1. The van der Waals surface area contributed by atoms with Gasteiger partial charge in [-0.1, -0.05) is 89.7 Å². The van der Waals surface area contributed by atoms with E-state index in [1.54, 1.807) is 0 Å². The number of hydrogen-bond acceptors (Lipinski definition) is 9. The molecule has 9 nitrogen and oxygen atoms in total. The molecule has 0 amide bonds. The van der Waals surface area contributed by atoms with Crippen molar-refractivity contribution < 1.29 is 33.4 Å². The number of nitroso groups, excluding NO2 is 1. The zero-order valence-electron chi connectivity index (χ0n) is 26.7. The third kappa shape index (κ3) is 27.8. The first-order valence-corrected chi connectivity index (χ1v) is 16.7. The van der Waals surface area contributed by atoms with E-state index in [4.69, 9.17) is 14.2 Å². The van der Waals surface area contributed by atoms with Crippen molar-refractivity contribution in [1.29, 1.82) is 0 Å². The van der Waals surface area contributed by atoms with Gasteiger partial charge in [0.15, 0.2) is 0 Å². The highest BCUT2D eigenvalue weighted by Gasteiger charge is 2.17. The lowest BCUT2D eigenvalue weighted by atomic mass is 10.1. The SMILES string of the molecule is CCCCC(=O)OCC(CCCC(=O)CC)OC(=O)CCCCCCCCC(=O)OCCCCCCCCCCN=O. The lowest BCUT2D eigenvalue weighted by Crippen LogP contribution is -2.25. The number of esters is 3. The fourth-order valence-corrected chi connectivity index (χ4v) is 4.55. The zero-order valence-corrected chi connectivity index (χ0v) is 26.7. The number of nitrogens with zero attached hydrogens (tertiary/aromatic N) is 1. The summed E-state index contributed by atoms with van der Waals surface area (Å²) in [5.74, 6) is -0.521. The monoisotopic (exact) mass is 597 g/mol. The Morgan fingerprint density at radius 3 is 1.69 bits per heavy atom. The van der Waals surface area contributed by atoms with E-state index in [2.05, 4.69) is 5.18 Å². The molecule has 0 rings (SSSR count). The first-order valence-electron chi connectivity index (χ1n) is 16.7. The Balaban J connectivity index is 3.82. The second-order valence-electron chi connectivity index (χ2n) is 11.2. The maximum atomic E-state index is 12.4. The van der Waals surface area contributed by atoms with Gasteiger partial charge in [0.05, 0.1) is 13.2 Å². The molecule has 0 heterocycles. The van der Waals surface area contributed by atoms with E-state index in [0.717, 1.165) is 89.9 Å². The molecule has 0 aliphatic rings. The minimum Gasteiger partial charge on any atom is -0.466 e. The summed E-state index contributed by atoms with van der Waals surface area (Å²) in [4.78, 5) is 57.7. The third-order valence-corrected chi connectivity index (χ3v) is 7.26. The van der Waals surface area contributed by atoms with Crippen molar-refractivity contribution in [2.75, 3.05) is 19.8 Å². The molecule has 0 aromatic heterocycles. The van der Waals surface area contributed by atoms with Crippen LogP contribution in [0.1, 0.15) is 162 Å². The van der Waals surface area contributed by atoms with Crippen LogP contribution in [0.5, 0.6) is 0 Å². The molecule has 0 aliphatic heterocycles. The van der Waals surface area contributed by atoms with Crippen LogP contribution >= 0.6 is 0 Å². The fourth-order valence-electron chi connectivity index (χ4n) is 4.55. The summed E-state index contributed by atoms with van der Waals surface area (Å²) in [5.41, 5.74) is 0. The maximum Gasteiger partial charge on any atom is 0.306 e. The molecule has 0 aromatic carbocycles. The Morgan fingerprint density at radius 2 is 1.10 bits per heavy atom. The number of carbonyl (C=O) groups is 4. The summed E-state index contributed by atoms with van der Waals surface area (Å²) in [5, 5.41) is 2.87. The molecule has 0 aromatic rings. The van der Waals surface area contributed by atoms with Crippen molar-refractivity contribution in [2.45, 2.75) is 168 Å². The van der Waals surface area contributed by atoms with Gasteiger partial charge in [0, 0.05) is 32.1 Å². The van der Waals surface area contributed by atoms with E-state index in [1.807, 2.05) is 13.8 Å². The summed E-state index contributed by atoms with van der Waals surface area (Å²) in [7, 11) is 0. The summed E-state index contributed by atoms with van der Waals surface area (Å²) in [6.07, 6.45) is 18.4. The van der Waals surface area contributed by atoms with Crippen LogP contribution < -0.4 is 0 Å². The van der Waals surface area contributed by atoms with Crippen LogP contribution in [0, 0.1) is 4.91 Å². The van der Waals surface area contributed by atoms with Gasteiger partial charge in [0.2, 0.25) is 0 Å². The van der Waals surface area contributed by atoms with E-state index in [-0.39, 0.29) is 30.3 Å². The molecule has 0 radical (unpaired) electrons. The molecular formula is C33H59NO8. The molecule has 1 atom stereocenters. The molecular weight excluding hydrogens is 538 g/mol. The molecule has 0 bridgehead atoms. The van der Waals surface area contributed by atoms with Gasteiger partial charge in [0.1, 0.15) is 18.5 Å². The summed E-state index contributed by atoms with van der Waals surface area (Å²) in [6.45, 7) is 4.81. The molecule has 0 N–H and O–H groups in total. The Labute approximate surface area is 254 Å². The van der Waals surface area contributed by atoms with Crippen LogP contribution in [0.15, 0.2) is 5.18 Å². The van der Waals surface area contributed by atoms with Crippen molar-refractivity contribution in [2.24, 2.45) is 5.18 Å². The first kappa shape index (κ1) is 39.7. The van der Waals surface area contributed by atoms with Gasteiger partial charge in [-0.15, -0.1) is 0 Å². The summed E-state index contributed by atoms with van der Waals surface area (Å²) < 4.78 is 16.2. The van der Waals surface area contributed by atoms with Gasteiger partial charge in [-0.2, -0.15) is 4.91 Å². The quantitative estimate of drug-likeness (QED) is 0.0338. The Morgan fingerprint density at radius 1 is 0.571 bits per heavy atom. The molecule has 42 heavy (non-hydrogen) atoms. The van der Waals surface area contributed by atoms with Gasteiger partial charge >= 0.3 is 17.9 Å². The molecule has 244 valence electrons. The predicted molar refractivity (Wildman–Crippen MR) is 165 cm³/mol. The van der Waals surface area contributed by atoms with Crippen molar-refractivity contribution in [3.8, 4) is 0 Å². The van der Waals surface area contributed by atoms with Gasteiger partial charge in [0.25, 0.3) is 0 Å². The van der Waals surface area contributed by atoms with Crippen molar-refractivity contribution in [3.05, 3.63) is 4.91 Å². The third-order valence-electron chi connectivity index (χ3n) is 7.26. The second-order valence-corrected chi connectivity index (χ2v) is 11.2. The second kappa shape index (κ2) is 30.1. The topological polar surface area (TPSA) is 125 Å². The van der Waals surface area contributed by atoms with E-state index >= 15 is 0 Å². The van der Waals surface area contributed by atoms with E-state index in [0.29, 0.717) is 58.1 Å². The lowest BCUT2D eigenvalue weighted by molar-refractivity contribution is -0.159. The van der Waals surface area contributed by atoms with Gasteiger partial charge in [-0.05, 0) is 44.9 Å². The number of ketones is 1. The van der Waals surface area contributed by atoms with E-state index < -0.39 is 6.10 Å². The predicted octanol–water partition coefficient (Wildman–Crippen LogP) is 8.33. The van der Waals surface area contributed by atoms with Crippen molar-refractivity contribution in [3.63, 3.8) is 0 Å². The van der Waals surface area contributed by atoms with Crippen LogP contribution in [-0.2, 0) is 33.4 Å². The molecule has 0 spiro atoms. The average molecular weight is 598 g/mol. The highest BCUT2D eigenvalue weighted by Crippen LogP contribution is 2.14. The van der Waals surface area contributed by atoms with E-state index in [1.165, 1.54) is 12.8 Å². The normalized spacial score (nSPS) is 11.6. The highest BCUT2D eigenvalue weighted by atomic mass is 16.6. The smallest absolute Gasteiger partial charge is 0.306 e. The minimum absolute atomic E-state index is 0.0421. The number of ether oxygens (including phenoxy) is 3. The molecule has 0 aliphatic carbocycles. The largest absolute Gasteiger partial charge is 0.466 e. The maximum absolute atomic E-state index is 12.4. The van der Waals surface area contributed by atoms with Crippen molar-refractivity contribution in [1.82, 2.24) is 0 Å². The molecule has 0 fully saturated rings. The summed E-state index contributed by atoms with van der Waals surface area (Å²) in [6, 6.07) is 0. The highest BCUT2D eigenvalue weighted by molar-refractivity contribution is 5.77. The number of Topliss-reactive ketones (excluding diaryl/α,β-unsaturated/α-hetero) is 1. The number of unbranched alkanes of at least 4 members (excludes halogenated alkanes) is 13. The summed E-state index contributed by atoms with van der Waals surface area (Å²) >= 11 is 0. The molecule has 9 heteroatoms. The van der Waals surface area contributed by atoms with E-state index in [9.17, 15) is 24.1 Å². The number of carbonyl (C=O) groups excluding carboxylic acids is 4.